The van der Waals surface area contributed by atoms with Crippen LogP contribution in [0.4, 0.5) is 5.69 Å². The fourth-order valence-electron chi connectivity index (χ4n) is 1.37. The molecular formula is C10H10INS. The Morgan fingerprint density at radius 1 is 1.38 bits per heavy atom. The third-order valence-electron chi connectivity index (χ3n) is 2.01. The van der Waals surface area contributed by atoms with Crippen molar-refractivity contribution in [3.05, 3.63) is 26.6 Å². The first kappa shape index (κ1) is 9.27. The second-order valence-corrected chi connectivity index (χ2v) is 5.36. The number of aryl methyl sites for hydroxylation is 1. The minimum atomic E-state index is 0.909. The van der Waals surface area contributed by atoms with E-state index in [-0.39, 0.29) is 0 Å². The van der Waals surface area contributed by atoms with Gasteiger partial charge < -0.3 is 5.73 Å². The van der Waals surface area contributed by atoms with Gasteiger partial charge >= 0.3 is 0 Å². The van der Waals surface area contributed by atoms with E-state index in [0.29, 0.717) is 0 Å². The van der Waals surface area contributed by atoms with Crippen LogP contribution in [0, 0.1) is 3.57 Å². The second-order valence-electron chi connectivity index (χ2n) is 2.98. The molecular weight excluding hydrogens is 293 g/mol. The zero-order valence-corrected chi connectivity index (χ0v) is 10.3. The summed E-state index contributed by atoms with van der Waals surface area (Å²) < 4.78 is 2.44. The monoisotopic (exact) mass is 303 g/mol. The van der Waals surface area contributed by atoms with E-state index < -0.39 is 0 Å². The summed E-state index contributed by atoms with van der Waals surface area (Å²) >= 11 is 4.10. The molecule has 0 aliphatic heterocycles. The van der Waals surface area contributed by atoms with E-state index in [1.807, 2.05) is 6.07 Å². The van der Waals surface area contributed by atoms with Crippen LogP contribution in [0.15, 0.2) is 18.2 Å². The van der Waals surface area contributed by atoms with Crippen LogP contribution in [0.1, 0.15) is 11.8 Å². The van der Waals surface area contributed by atoms with E-state index in [4.69, 9.17) is 5.73 Å². The number of thiophene rings is 1. The molecule has 0 atom stereocenters. The van der Waals surface area contributed by atoms with Crippen molar-refractivity contribution in [3.63, 3.8) is 0 Å². The maximum atomic E-state index is 5.93. The average Bonchev–Trinajstić information content (AvgIpc) is 2.47. The van der Waals surface area contributed by atoms with Gasteiger partial charge in [-0.2, -0.15) is 0 Å². The summed E-state index contributed by atoms with van der Waals surface area (Å²) in [6.45, 7) is 2.17. The molecule has 0 unspecified atom stereocenters. The van der Waals surface area contributed by atoms with Crippen molar-refractivity contribution in [1.29, 1.82) is 0 Å². The molecule has 0 aliphatic rings. The third-order valence-corrected chi connectivity index (χ3v) is 3.98. The number of anilines is 1. The maximum Gasteiger partial charge on any atom is 0.0575 e. The Kier molecular flexibility index (Phi) is 2.47. The highest BCUT2D eigenvalue weighted by molar-refractivity contribution is 14.1. The summed E-state index contributed by atoms with van der Waals surface area (Å²) in [5.74, 6) is 0. The maximum absolute atomic E-state index is 5.93. The number of benzene rings is 1. The second kappa shape index (κ2) is 3.46. The Hall–Kier alpha value is -0.290. The first-order valence-corrected chi connectivity index (χ1v) is 6.07. The van der Waals surface area contributed by atoms with Crippen LogP contribution in [-0.4, -0.2) is 0 Å². The number of fused-ring (bicyclic) bond motifs is 1. The summed E-state index contributed by atoms with van der Waals surface area (Å²) in [6, 6.07) is 6.44. The number of nitrogen functional groups attached to an aromatic ring is 1. The molecule has 1 aromatic carbocycles. The highest BCUT2D eigenvalue weighted by Gasteiger charge is 2.04. The first-order chi connectivity index (χ1) is 6.20. The average molecular weight is 303 g/mol. The van der Waals surface area contributed by atoms with Crippen molar-refractivity contribution in [2.24, 2.45) is 0 Å². The van der Waals surface area contributed by atoms with Crippen LogP contribution in [0.2, 0.25) is 0 Å². The van der Waals surface area contributed by atoms with Crippen molar-refractivity contribution >= 4 is 49.7 Å². The van der Waals surface area contributed by atoms with Crippen molar-refractivity contribution in [1.82, 2.24) is 0 Å². The van der Waals surface area contributed by atoms with Gasteiger partial charge in [0.1, 0.15) is 0 Å². The summed E-state index contributed by atoms with van der Waals surface area (Å²) in [5.41, 5.74) is 6.84. The summed E-state index contributed by atoms with van der Waals surface area (Å²) in [7, 11) is 0. The van der Waals surface area contributed by atoms with Crippen molar-refractivity contribution < 1.29 is 0 Å². The standard InChI is InChI=1S/C10H10INS/c1-2-8-4-6-3-7(11)5-9(12)10(6)13-8/h3-5H,2,12H2,1H3. The Morgan fingerprint density at radius 2 is 2.15 bits per heavy atom. The SMILES string of the molecule is CCc1cc2cc(I)cc(N)c2s1. The molecule has 0 fully saturated rings. The number of hydrogen-bond donors (Lipinski definition) is 1. The largest absolute Gasteiger partial charge is 0.398 e. The van der Waals surface area contributed by atoms with Gasteiger partial charge in [-0.3, -0.25) is 0 Å². The van der Waals surface area contributed by atoms with Crippen LogP contribution in [0.3, 0.4) is 0 Å². The number of hydrogen-bond acceptors (Lipinski definition) is 2. The Morgan fingerprint density at radius 3 is 2.85 bits per heavy atom. The lowest BCUT2D eigenvalue weighted by Gasteiger charge is -1.96. The number of rotatable bonds is 1. The lowest BCUT2D eigenvalue weighted by atomic mass is 10.2. The molecule has 0 saturated carbocycles. The van der Waals surface area contributed by atoms with Crippen LogP contribution in [0.25, 0.3) is 10.1 Å². The third kappa shape index (κ3) is 1.67. The molecule has 2 rings (SSSR count). The summed E-state index contributed by atoms with van der Waals surface area (Å²) in [5, 5.41) is 1.28. The molecule has 1 aromatic heterocycles. The smallest absolute Gasteiger partial charge is 0.0575 e. The van der Waals surface area contributed by atoms with Crippen LogP contribution < -0.4 is 5.73 Å². The van der Waals surface area contributed by atoms with Gasteiger partial charge in [0.2, 0.25) is 0 Å². The highest BCUT2D eigenvalue weighted by Crippen LogP contribution is 2.32. The van der Waals surface area contributed by atoms with Gasteiger partial charge in [-0.1, -0.05) is 6.92 Å². The molecule has 0 amide bonds. The van der Waals surface area contributed by atoms with Gasteiger partial charge in [-0.15, -0.1) is 11.3 Å². The van der Waals surface area contributed by atoms with Crippen LogP contribution in [0.5, 0.6) is 0 Å². The lowest BCUT2D eigenvalue weighted by molar-refractivity contribution is 1.19. The van der Waals surface area contributed by atoms with Gasteiger partial charge in [0.05, 0.1) is 10.4 Å². The molecule has 1 heterocycles. The first-order valence-electron chi connectivity index (χ1n) is 4.18. The van der Waals surface area contributed by atoms with E-state index in [1.54, 1.807) is 11.3 Å². The minimum absolute atomic E-state index is 0.909. The molecule has 2 N–H and O–H groups in total. The predicted molar refractivity (Wildman–Crippen MR) is 68.3 cm³/mol. The molecule has 0 spiro atoms. The fourth-order valence-corrected chi connectivity index (χ4v) is 3.05. The predicted octanol–water partition coefficient (Wildman–Crippen LogP) is 3.65. The van der Waals surface area contributed by atoms with E-state index in [0.717, 1.165) is 12.1 Å². The molecule has 2 aromatic rings. The summed E-state index contributed by atoms with van der Waals surface area (Å²) in [4.78, 5) is 1.41. The zero-order valence-electron chi connectivity index (χ0n) is 7.30. The van der Waals surface area contributed by atoms with Gasteiger partial charge in [-0.05, 0) is 52.6 Å². The van der Waals surface area contributed by atoms with Crippen molar-refractivity contribution in [3.8, 4) is 0 Å². The van der Waals surface area contributed by atoms with E-state index in [2.05, 4.69) is 41.6 Å². The van der Waals surface area contributed by atoms with Gasteiger partial charge in [0.15, 0.2) is 0 Å². The topological polar surface area (TPSA) is 26.0 Å². The zero-order chi connectivity index (χ0) is 9.42. The molecule has 68 valence electrons. The van der Waals surface area contributed by atoms with Crippen LogP contribution >= 0.6 is 33.9 Å². The lowest BCUT2D eigenvalue weighted by Crippen LogP contribution is -1.84. The van der Waals surface area contributed by atoms with Gasteiger partial charge in [0.25, 0.3) is 0 Å². The van der Waals surface area contributed by atoms with Gasteiger partial charge in [0, 0.05) is 8.45 Å². The molecule has 0 radical (unpaired) electrons. The Bertz CT molecular complexity index is 447. The van der Waals surface area contributed by atoms with Crippen LogP contribution in [-0.2, 0) is 6.42 Å². The van der Waals surface area contributed by atoms with Crippen molar-refractivity contribution in [2.45, 2.75) is 13.3 Å². The molecule has 0 bridgehead atoms. The number of nitrogens with two attached hydrogens (primary N) is 1. The minimum Gasteiger partial charge on any atom is -0.398 e. The highest BCUT2D eigenvalue weighted by atomic mass is 127. The van der Waals surface area contributed by atoms with E-state index in [9.17, 15) is 0 Å². The van der Waals surface area contributed by atoms with Gasteiger partial charge in [-0.25, -0.2) is 0 Å². The normalized spacial score (nSPS) is 10.9. The fraction of sp³-hybridized carbons (Fsp3) is 0.200. The van der Waals surface area contributed by atoms with E-state index in [1.165, 1.54) is 18.5 Å². The molecule has 1 nitrogen and oxygen atoms in total. The molecule has 3 heteroatoms. The molecule has 13 heavy (non-hydrogen) atoms. The molecule has 0 saturated heterocycles. The van der Waals surface area contributed by atoms with Crippen molar-refractivity contribution in [2.75, 3.05) is 5.73 Å². The Labute approximate surface area is 95.1 Å². The molecule has 0 aliphatic carbocycles. The Balaban J connectivity index is 2.75. The number of halogens is 1. The van der Waals surface area contributed by atoms with E-state index >= 15 is 0 Å². The summed E-state index contributed by atoms with van der Waals surface area (Å²) in [6.07, 6.45) is 1.09. The quantitative estimate of drug-likeness (QED) is 0.631.